The Hall–Kier alpha value is -5.85. The number of nitrogen functional groups attached to an aromatic ring is 1. The first kappa shape index (κ1) is 39.4. The SMILES string of the molecule is COc1cc(C)c(NCC2Cc3ccccc3[N+]2(C)C=O)cc1OCc1cc(N)cc(COc2cc3ncc4[n+](c(=O)c3cc2OC)C2=C(CCC=C2)C4)c1.CS. The largest absolute Gasteiger partial charge is 0.493 e. The van der Waals surface area contributed by atoms with Crippen molar-refractivity contribution in [3.05, 3.63) is 129 Å². The first-order valence-corrected chi connectivity index (χ1v) is 19.8. The number of anilines is 2. The minimum absolute atomic E-state index is 0.0479. The van der Waals surface area contributed by atoms with Crippen LogP contribution in [-0.4, -0.2) is 51.5 Å². The van der Waals surface area contributed by atoms with E-state index in [0.29, 0.717) is 46.1 Å². The van der Waals surface area contributed by atoms with Crippen molar-refractivity contribution in [3.8, 4) is 23.0 Å². The molecule has 0 radical (unpaired) electrons. The highest BCUT2D eigenvalue weighted by Crippen LogP contribution is 2.38. The average molecular weight is 788 g/mol. The Labute approximate surface area is 338 Å². The third-order valence-electron chi connectivity index (χ3n) is 11.1. The number of methoxy groups -OCH3 is 2. The summed E-state index contributed by atoms with van der Waals surface area (Å²) in [5.74, 6) is 2.09. The maximum absolute atomic E-state index is 13.8. The summed E-state index contributed by atoms with van der Waals surface area (Å²) in [6.45, 7) is 3.04. The minimum atomic E-state index is -0.127. The van der Waals surface area contributed by atoms with Crippen LogP contribution < -0.4 is 44.6 Å². The van der Waals surface area contributed by atoms with E-state index in [1.54, 1.807) is 43.4 Å². The Balaban J connectivity index is 0.00000244. The lowest BCUT2D eigenvalue weighted by molar-refractivity contribution is -0.595. The molecule has 1 aromatic heterocycles. The quantitative estimate of drug-likeness (QED) is 0.0415. The van der Waals surface area contributed by atoms with Crippen LogP contribution >= 0.6 is 12.6 Å². The van der Waals surface area contributed by atoms with Gasteiger partial charge in [-0.25, -0.2) is 19.1 Å². The lowest BCUT2D eigenvalue weighted by Crippen LogP contribution is -2.52. The number of thiol groups is 1. The van der Waals surface area contributed by atoms with Gasteiger partial charge in [0, 0.05) is 53.2 Å². The van der Waals surface area contributed by atoms with E-state index in [0.717, 1.165) is 71.5 Å². The zero-order valence-electron chi connectivity index (χ0n) is 33.0. The van der Waals surface area contributed by atoms with E-state index in [1.807, 2.05) is 68.6 Å². The van der Waals surface area contributed by atoms with Gasteiger partial charge in [-0.05, 0) is 73.0 Å². The van der Waals surface area contributed by atoms with Crippen molar-refractivity contribution in [2.75, 3.05) is 45.1 Å². The van der Waals surface area contributed by atoms with Crippen LogP contribution in [0.3, 0.4) is 0 Å². The molecular formula is C45H49N5O6S+2. The second-order valence-corrected chi connectivity index (χ2v) is 14.6. The van der Waals surface area contributed by atoms with Gasteiger partial charge < -0.3 is 30.0 Å². The van der Waals surface area contributed by atoms with E-state index >= 15 is 0 Å². The van der Waals surface area contributed by atoms with Gasteiger partial charge in [-0.1, -0.05) is 24.3 Å². The van der Waals surface area contributed by atoms with Gasteiger partial charge in [-0.3, -0.25) is 0 Å². The zero-order valence-corrected chi connectivity index (χ0v) is 33.9. The molecule has 1 aliphatic carbocycles. The standard InChI is InChI=1S/C44H45N5O6.CH4S/c1-27-13-40(52-3)42(20-36(27)47-23-34-18-31-10-6-8-12-39(31)49(34,2)26-50)54-24-28-14-29(16-32(45)15-28)25-55-43-21-37-35(19-41(43)53-4)44(51)48-33(22-46-37)17-30-9-5-7-11-38(30)48;1-2/h6-8,10-16,19-22,26,34,47H,5,9,17-18,23-25,45H2,1-4H3;2H,1H3/q+2;. The molecule has 0 saturated heterocycles. The molecule has 5 aromatic rings. The fourth-order valence-corrected chi connectivity index (χ4v) is 8.10. The summed E-state index contributed by atoms with van der Waals surface area (Å²) in [6, 6.07) is 21.3. The predicted octanol–water partition coefficient (Wildman–Crippen LogP) is 6.74. The maximum atomic E-state index is 13.8. The molecule has 4 aromatic carbocycles. The number of ether oxygens (including phenoxy) is 4. The number of nitrogens with zero attached hydrogens (tertiary/aromatic N) is 3. The number of aryl methyl sites for hydroxylation is 1. The number of nitrogens with one attached hydrogen (secondary N) is 1. The van der Waals surface area contributed by atoms with Crippen molar-refractivity contribution in [1.82, 2.24) is 9.47 Å². The summed E-state index contributed by atoms with van der Waals surface area (Å²) in [4.78, 5) is 30.9. The number of likely N-dealkylation sites (N-methyl/N-ethyl adjacent to an activating group) is 1. The van der Waals surface area contributed by atoms with E-state index < -0.39 is 0 Å². The van der Waals surface area contributed by atoms with Crippen molar-refractivity contribution >= 4 is 52.7 Å². The van der Waals surface area contributed by atoms with Crippen molar-refractivity contribution in [3.63, 3.8) is 0 Å². The van der Waals surface area contributed by atoms with Crippen molar-refractivity contribution < 1.29 is 28.3 Å². The molecule has 0 bridgehead atoms. The number of benzene rings is 4. The van der Waals surface area contributed by atoms with Crippen LogP contribution in [0.5, 0.6) is 23.0 Å². The summed E-state index contributed by atoms with van der Waals surface area (Å²) >= 11 is 3.53. The molecule has 294 valence electrons. The third-order valence-corrected chi connectivity index (χ3v) is 11.1. The zero-order chi connectivity index (χ0) is 40.3. The molecule has 57 heavy (non-hydrogen) atoms. The number of rotatable bonds is 12. The third kappa shape index (κ3) is 7.67. The molecule has 2 atom stereocenters. The molecule has 11 nitrogen and oxygen atoms in total. The molecule has 3 N–H and O–H groups in total. The molecule has 3 heterocycles. The highest BCUT2D eigenvalue weighted by atomic mass is 32.1. The van der Waals surface area contributed by atoms with Gasteiger partial charge >= 0.3 is 12.0 Å². The van der Waals surface area contributed by atoms with E-state index in [-0.39, 0.29) is 29.3 Å². The van der Waals surface area contributed by atoms with Gasteiger partial charge in [0.2, 0.25) is 11.4 Å². The van der Waals surface area contributed by atoms with Crippen LogP contribution in [0.15, 0.2) is 95.4 Å². The van der Waals surface area contributed by atoms with Crippen molar-refractivity contribution in [2.45, 2.75) is 51.9 Å². The summed E-state index contributed by atoms with van der Waals surface area (Å²) in [7, 11) is 5.15. The second-order valence-electron chi connectivity index (χ2n) is 14.6. The molecule has 0 fully saturated rings. The van der Waals surface area contributed by atoms with Crippen LogP contribution in [-0.2, 0) is 30.8 Å². The smallest absolute Gasteiger partial charge is 0.427 e. The Morgan fingerprint density at radius 1 is 0.965 bits per heavy atom. The summed E-state index contributed by atoms with van der Waals surface area (Å²) in [5, 5.41) is 4.04. The van der Waals surface area contributed by atoms with E-state index in [1.165, 1.54) is 11.1 Å². The number of nitrogens with two attached hydrogens (primary N) is 1. The average Bonchev–Trinajstić information content (AvgIpc) is 3.71. The summed E-state index contributed by atoms with van der Waals surface area (Å²) in [5.41, 5.74) is 16.3. The molecule has 0 saturated carbocycles. The van der Waals surface area contributed by atoms with Gasteiger partial charge in [0.1, 0.15) is 30.3 Å². The van der Waals surface area contributed by atoms with Gasteiger partial charge in [0.25, 0.3) is 0 Å². The molecular weight excluding hydrogens is 739 g/mol. The van der Waals surface area contributed by atoms with Crippen LogP contribution in [0.1, 0.15) is 40.8 Å². The van der Waals surface area contributed by atoms with Crippen LogP contribution in [0.2, 0.25) is 0 Å². The number of quaternary nitrogens is 1. The molecule has 3 aliphatic rings. The van der Waals surface area contributed by atoms with Crippen LogP contribution in [0, 0.1) is 6.92 Å². The number of aromatic nitrogens is 2. The topological polar surface area (TPSA) is 126 Å². The van der Waals surface area contributed by atoms with Gasteiger partial charge in [0.15, 0.2) is 23.0 Å². The Morgan fingerprint density at radius 3 is 2.39 bits per heavy atom. The lowest BCUT2D eigenvalue weighted by Gasteiger charge is -2.30. The van der Waals surface area contributed by atoms with Crippen LogP contribution in [0.25, 0.3) is 16.6 Å². The first-order valence-electron chi connectivity index (χ1n) is 19.0. The molecule has 2 unspecified atom stereocenters. The van der Waals surface area contributed by atoms with Gasteiger partial charge in [-0.15, -0.1) is 4.57 Å². The number of carbonyl (C=O) groups is 1. The molecule has 0 spiro atoms. The molecule has 2 aliphatic heterocycles. The van der Waals surface area contributed by atoms with Crippen molar-refractivity contribution in [1.29, 1.82) is 0 Å². The number of allylic oxidation sites excluding steroid dienone is 4. The molecule has 1 amide bonds. The predicted molar refractivity (Wildman–Crippen MR) is 228 cm³/mol. The van der Waals surface area contributed by atoms with Crippen molar-refractivity contribution in [2.24, 2.45) is 0 Å². The van der Waals surface area contributed by atoms with Crippen LogP contribution in [0.4, 0.5) is 17.1 Å². The highest BCUT2D eigenvalue weighted by molar-refractivity contribution is 7.79. The lowest BCUT2D eigenvalue weighted by atomic mass is 10.0. The number of fused-ring (bicyclic) bond motifs is 4. The number of carbonyl (C=O) groups excluding carboxylic acids is 1. The fourth-order valence-electron chi connectivity index (χ4n) is 8.10. The Morgan fingerprint density at radius 2 is 1.67 bits per heavy atom. The monoisotopic (exact) mass is 787 g/mol. The summed E-state index contributed by atoms with van der Waals surface area (Å²) in [6.07, 6.45) is 12.1. The number of amides is 1. The van der Waals surface area contributed by atoms with Gasteiger partial charge in [-0.2, -0.15) is 12.6 Å². The fraction of sp³-hybridized carbons (Fsp3) is 0.289. The number of para-hydroxylation sites is 1. The maximum Gasteiger partial charge on any atom is 0.427 e. The Kier molecular flexibility index (Phi) is 11.5. The first-order chi connectivity index (χ1) is 27.7. The molecule has 12 heteroatoms. The molecule has 8 rings (SSSR count). The number of hydrogen-bond donors (Lipinski definition) is 3. The van der Waals surface area contributed by atoms with Gasteiger partial charge in [0.05, 0.1) is 45.9 Å². The minimum Gasteiger partial charge on any atom is -0.493 e. The van der Waals surface area contributed by atoms with E-state index in [4.69, 9.17) is 29.7 Å². The van der Waals surface area contributed by atoms with E-state index in [2.05, 4.69) is 30.1 Å². The summed E-state index contributed by atoms with van der Waals surface area (Å²) < 4.78 is 26.0. The Bertz CT molecular complexity index is 2490. The normalized spacial score (nSPS) is 17.5. The number of hydrogen-bond acceptors (Lipinski definition) is 10. The highest BCUT2D eigenvalue weighted by Gasteiger charge is 2.43. The van der Waals surface area contributed by atoms with E-state index in [9.17, 15) is 9.59 Å². The second kappa shape index (κ2) is 16.7.